The van der Waals surface area contributed by atoms with E-state index in [0.717, 1.165) is 30.0 Å². The maximum atomic E-state index is 12.3. The zero-order chi connectivity index (χ0) is 14.0. The minimum atomic E-state index is 0.249. The highest BCUT2D eigenvalue weighted by Crippen LogP contribution is 2.33. The van der Waals surface area contributed by atoms with E-state index in [1.165, 1.54) is 0 Å². The summed E-state index contributed by atoms with van der Waals surface area (Å²) in [4.78, 5) is 15.2. The quantitative estimate of drug-likeness (QED) is 0.821. The molecule has 2 rings (SSSR count). The lowest BCUT2D eigenvalue weighted by Crippen LogP contribution is -2.32. The highest BCUT2D eigenvalue weighted by atomic mass is 32.1. The molecule has 1 atom stereocenters. The predicted octanol–water partition coefficient (Wildman–Crippen LogP) is 3.41. The van der Waals surface area contributed by atoms with Gasteiger partial charge in [0, 0.05) is 18.0 Å². The van der Waals surface area contributed by atoms with Crippen LogP contribution in [0.2, 0.25) is 0 Å². The molecule has 1 aliphatic heterocycles. The minimum Gasteiger partial charge on any atom is -0.342 e. The summed E-state index contributed by atoms with van der Waals surface area (Å²) in [6.07, 6.45) is 1.63. The number of amides is 1. The molecule has 0 radical (unpaired) electrons. The van der Waals surface area contributed by atoms with E-state index >= 15 is 0 Å². The zero-order valence-electron chi connectivity index (χ0n) is 12.0. The summed E-state index contributed by atoms with van der Waals surface area (Å²) in [6.45, 7) is 8.60. The second kappa shape index (κ2) is 5.58. The first-order chi connectivity index (χ1) is 8.86. The van der Waals surface area contributed by atoms with Gasteiger partial charge in [0.1, 0.15) is 0 Å². The van der Waals surface area contributed by atoms with Crippen molar-refractivity contribution in [2.24, 2.45) is 11.3 Å². The van der Waals surface area contributed by atoms with Gasteiger partial charge in [-0.1, -0.05) is 32.9 Å². The highest BCUT2D eigenvalue weighted by Gasteiger charge is 2.33. The molecule has 1 aliphatic rings. The molecule has 0 aromatic heterocycles. The van der Waals surface area contributed by atoms with E-state index < -0.39 is 0 Å². The van der Waals surface area contributed by atoms with Gasteiger partial charge in [0.25, 0.3) is 0 Å². The number of carbonyl (C=O) groups excluding carboxylic acids is 1. The van der Waals surface area contributed by atoms with Crippen LogP contribution in [0.25, 0.3) is 0 Å². The smallest absolute Gasteiger partial charge is 0.226 e. The van der Waals surface area contributed by atoms with Crippen molar-refractivity contribution in [3.05, 3.63) is 29.8 Å². The Kier molecular flexibility index (Phi) is 4.24. The van der Waals surface area contributed by atoms with E-state index in [2.05, 4.69) is 33.4 Å². The lowest BCUT2D eigenvalue weighted by atomic mass is 9.80. The Bertz CT molecular complexity index is 447. The van der Waals surface area contributed by atoms with Crippen LogP contribution in [0.1, 0.15) is 32.8 Å². The summed E-state index contributed by atoms with van der Waals surface area (Å²) in [7, 11) is 0. The van der Waals surface area contributed by atoms with Gasteiger partial charge in [-0.15, -0.1) is 12.6 Å². The molecule has 0 saturated carbocycles. The molecule has 1 amide bonds. The molecule has 1 aromatic rings. The maximum absolute atomic E-state index is 12.3. The van der Waals surface area contributed by atoms with Crippen LogP contribution < -0.4 is 0 Å². The zero-order valence-corrected chi connectivity index (χ0v) is 12.9. The number of nitrogens with zero attached hydrogens (tertiary/aromatic N) is 1. The van der Waals surface area contributed by atoms with E-state index in [1.807, 2.05) is 29.2 Å². The first kappa shape index (κ1) is 14.4. The van der Waals surface area contributed by atoms with Gasteiger partial charge in [-0.25, -0.2) is 0 Å². The number of hydrogen-bond donors (Lipinski definition) is 1. The molecule has 3 heteroatoms. The molecule has 0 aliphatic carbocycles. The third-order valence-electron chi connectivity index (χ3n) is 4.06. The van der Waals surface area contributed by atoms with Gasteiger partial charge in [0.15, 0.2) is 0 Å². The molecule has 1 aromatic carbocycles. The minimum absolute atomic E-state index is 0.249. The molecule has 19 heavy (non-hydrogen) atoms. The first-order valence-electron chi connectivity index (χ1n) is 6.92. The summed E-state index contributed by atoms with van der Waals surface area (Å²) in [5.41, 5.74) is 1.37. The van der Waals surface area contributed by atoms with Crippen LogP contribution in [0.4, 0.5) is 0 Å². The lowest BCUT2D eigenvalue weighted by Gasteiger charge is -2.27. The predicted molar refractivity (Wildman–Crippen MR) is 81.5 cm³/mol. The Morgan fingerprint density at radius 1 is 1.32 bits per heavy atom. The molecule has 1 heterocycles. The van der Waals surface area contributed by atoms with Crippen molar-refractivity contribution >= 4 is 18.5 Å². The number of likely N-dealkylation sites (tertiary alicyclic amines) is 1. The standard InChI is InChI=1S/C16H23NOS/c1-16(2,3)13-8-9-17(11-13)15(18)10-12-4-6-14(19)7-5-12/h4-7,13,19H,8-11H2,1-3H3. The SMILES string of the molecule is CC(C)(C)C1CCN(C(=O)Cc2ccc(S)cc2)C1. The normalized spacial score (nSPS) is 19.8. The molecule has 0 N–H and O–H groups in total. The Labute approximate surface area is 121 Å². The lowest BCUT2D eigenvalue weighted by molar-refractivity contribution is -0.129. The molecule has 104 valence electrons. The fourth-order valence-electron chi connectivity index (χ4n) is 2.59. The van der Waals surface area contributed by atoms with Crippen molar-refractivity contribution in [1.82, 2.24) is 4.90 Å². The van der Waals surface area contributed by atoms with Gasteiger partial charge in [-0.2, -0.15) is 0 Å². The molecule has 2 nitrogen and oxygen atoms in total. The van der Waals surface area contributed by atoms with Gasteiger partial charge in [0.05, 0.1) is 6.42 Å². The fraction of sp³-hybridized carbons (Fsp3) is 0.562. The van der Waals surface area contributed by atoms with Crippen molar-refractivity contribution in [3.63, 3.8) is 0 Å². The van der Waals surface area contributed by atoms with Gasteiger partial charge in [-0.05, 0) is 35.4 Å². The van der Waals surface area contributed by atoms with Crippen molar-refractivity contribution in [2.45, 2.75) is 38.5 Å². The van der Waals surface area contributed by atoms with E-state index in [-0.39, 0.29) is 5.91 Å². The van der Waals surface area contributed by atoms with Crippen molar-refractivity contribution in [1.29, 1.82) is 0 Å². The summed E-state index contributed by atoms with van der Waals surface area (Å²) < 4.78 is 0. The molecule has 0 spiro atoms. The van der Waals surface area contributed by atoms with Crippen LogP contribution in [0, 0.1) is 11.3 Å². The Hall–Kier alpha value is -0.960. The molecule has 0 bridgehead atoms. The van der Waals surface area contributed by atoms with E-state index in [1.54, 1.807) is 0 Å². The number of benzene rings is 1. The number of rotatable bonds is 2. The van der Waals surface area contributed by atoms with Gasteiger partial charge in [0.2, 0.25) is 5.91 Å². The van der Waals surface area contributed by atoms with Crippen molar-refractivity contribution in [3.8, 4) is 0 Å². The number of thiol groups is 1. The third kappa shape index (κ3) is 3.75. The third-order valence-corrected chi connectivity index (χ3v) is 4.36. The van der Waals surface area contributed by atoms with E-state index in [4.69, 9.17) is 0 Å². The largest absolute Gasteiger partial charge is 0.342 e. The van der Waals surface area contributed by atoms with E-state index in [9.17, 15) is 4.79 Å². The number of carbonyl (C=O) groups is 1. The first-order valence-corrected chi connectivity index (χ1v) is 7.36. The van der Waals surface area contributed by atoms with Crippen LogP contribution in [0.15, 0.2) is 29.2 Å². The average Bonchev–Trinajstić information content (AvgIpc) is 2.81. The summed E-state index contributed by atoms with van der Waals surface area (Å²) >= 11 is 4.26. The van der Waals surface area contributed by atoms with Crippen molar-refractivity contribution in [2.75, 3.05) is 13.1 Å². The second-order valence-corrected chi connectivity index (χ2v) is 7.05. The highest BCUT2D eigenvalue weighted by molar-refractivity contribution is 7.80. The Morgan fingerprint density at radius 3 is 2.47 bits per heavy atom. The molecule has 1 fully saturated rings. The molecule has 1 unspecified atom stereocenters. The van der Waals surface area contributed by atoms with Crippen LogP contribution in [0.5, 0.6) is 0 Å². The summed E-state index contributed by atoms with van der Waals surface area (Å²) in [5, 5.41) is 0. The van der Waals surface area contributed by atoms with Crippen LogP contribution >= 0.6 is 12.6 Å². The van der Waals surface area contributed by atoms with Crippen molar-refractivity contribution < 1.29 is 4.79 Å². The molecular formula is C16H23NOS. The molecule has 1 saturated heterocycles. The van der Waals surface area contributed by atoms with Gasteiger partial charge < -0.3 is 4.90 Å². The van der Waals surface area contributed by atoms with Crippen LogP contribution in [-0.4, -0.2) is 23.9 Å². The second-order valence-electron chi connectivity index (χ2n) is 6.53. The van der Waals surface area contributed by atoms with Crippen LogP contribution in [-0.2, 0) is 11.2 Å². The monoisotopic (exact) mass is 277 g/mol. The summed E-state index contributed by atoms with van der Waals surface area (Å²) in [5.74, 6) is 0.870. The number of hydrogen-bond acceptors (Lipinski definition) is 2. The van der Waals surface area contributed by atoms with Gasteiger partial charge in [-0.3, -0.25) is 4.79 Å². The Morgan fingerprint density at radius 2 is 1.95 bits per heavy atom. The topological polar surface area (TPSA) is 20.3 Å². The maximum Gasteiger partial charge on any atom is 0.226 e. The molecular weight excluding hydrogens is 254 g/mol. The van der Waals surface area contributed by atoms with E-state index in [0.29, 0.717) is 17.8 Å². The fourth-order valence-corrected chi connectivity index (χ4v) is 2.74. The van der Waals surface area contributed by atoms with Crippen LogP contribution in [0.3, 0.4) is 0 Å². The Balaban J connectivity index is 1.93. The average molecular weight is 277 g/mol. The van der Waals surface area contributed by atoms with Gasteiger partial charge >= 0.3 is 0 Å². The summed E-state index contributed by atoms with van der Waals surface area (Å²) in [6, 6.07) is 7.84.